The first-order chi connectivity index (χ1) is 18.7. The molecule has 39 heavy (non-hydrogen) atoms. The van der Waals surface area contributed by atoms with Gasteiger partial charge in [-0.05, 0) is 73.0 Å². The number of nitrogens with zero attached hydrogens (tertiary/aromatic N) is 2. The van der Waals surface area contributed by atoms with Gasteiger partial charge < -0.3 is 14.6 Å². The average molecular weight is 541 g/mol. The fourth-order valence-corrected chi connectivity index (χ4v) is 6.20. The number of fused-ring (bicyclic) bond motifs is 2. The Morgan fingerprint density at radius 3 is 2.56 bits per heavy atom. The minimum absolute atomic E-state index is 0.0129. The molecule has 2 atom stereocenters. The standard InChI is InChI=1S/C30H24N2O6S/c1-15-4-10-21-23(12-15)39-30(31-21)32-25(17-5-7-18(8-6-17)29(36)37-3)24(27(34)28(32)35)26(33)19-9-11-22-20(14-19)13-16(2)38-22/h4-12,14,16,25,33H,13H2,1-3H3/t16-,25+/m0/s1. The van der Waals surface area contributed by atoms with Crippen molar-refractivity contribution in [2.45, 2.75) is 32.4 Å². The van der Waals surface area contributed by atoms with Crippen molar-refractivity contribution in [1.82, 2.24) is 4.98 Å². The van der Waals surface area contributed by atoms with E-state index in [4.69, 9.17) is 9.47 Å². The number of rotatable bonds is 4. The molecule has 9 heteroatoms. The smallest absolute Gasteiger partial charge is 0.337 e. The number of ether oxygens (including phenoxy) is 2. The van der Waals surface area contributed by atoms with Crippen LogP contribution in [0, 0.1) is 6.92 Å². The normalized spacial score (nSPS) is 19.8. The molecule has 196 valence electrons. The fraction of sp³-hybridized carbons (Fsp3) is 0.200. The molecule has 2 aliphatic heterocycles. The minimum atomic E-state index is -0.957. The van der Waals surface area contributed by atoms with E-state index >= 15 is 0 Å². The SMILES string of the molecule is COC(=O)c1ccc([C@@H]2C(=C(O)c3ccc4c(c3)C[C@H](C)O4)C(=O)C(=O)N2c2nc3ccc(C)cc3s2)cc1. The van der Waals surface area contributed by atoms with Crippen LogP contribution in [0.3, 0.4) is 0 Å². The van der Waals surface area contributed by atoms with Crippen LogP contribution < -0.4 is 9.64 Å². The number of amides is 1. The summed E-state index contributed by atoms with van der Waals surface area (Å²) in [5.74, 6) is -1.65. The number of hydrogen-bond donors (Lipinski definition) is 1. The summed E-state index contributed by atoms with van der Waals surface area (Å²) in [6.07, 6.45) is 0.688. The molecule has 1 amide bonds. The van der Waals surface area contributed by atoms with Crippen LogP contribution in [-0.4, -0.2) is 41.0 Å². The van der Waals surface area contributed by atoms with Crippen molar-refractivity contribution in [3.8, 4) is 5.75 Å². The van der Waals surface area contributed by atoms with Gasteiger partial charge in [0.1, 0.15) is 17.6 Å². The van der Waals surface area contributed by atoms with E-state index in [1.165, 1.54) is 23.3 Å². The number of carbonyl (C=O) groups is 3. The van der Waals surface area contributed by atoms with Gasteiger partial charge in [0.2, 0.25) is 0 Å². The molecule has 3 aromatic carbocycles. The highest BCUT2D eigenvalue weighted by atomic mass is 32.1. The number of aromatic nitrogens is 1. The molecule has 0 unspecified atom stereocenters. The maximum atomic E-state index is 13.5. The number of aliphatic hydroxyl groups excluding tert-OH is 1. The van der Waals surface area contributed by atoms with Gasteiger partial charge in [-0.2, -0.15) is 0 Å². The maximum Gasteiger partial charge on any atom is 0.337 e. The molecule has 0 bridgehead atoms. The summed E-state index contributed by atoms with van der Waals surface area (Å²) in [6, 6.07) is 16.5. The van der Waals surface area contributed by atoms with Gasteiger partial charge in [0.05, 0.1) is 34.5 Å². The van der Waals surface area contributed by atoms with E-state index in [1.807, 2.05) is 32.0 Å². The Morgan fingerprint density at radius 2 is 1.82 bits per heavy atom. The van der Waals surface area contributed by atoms with Crippen molar-refractivity contribution in [2.75, 3.05) is 12.0 Å². The van der Waals surface area contributed by atoms with E-state index in [-0.39, 0.29) is 17.4 Å². The Hall–Kier alpha value is -4.50. The number of methoxy groups -OCH3 is 1. The lowest BCUT2D eigenvalue weighted by Crippen LogP contribution is -2.29. The molecule has 1 N–H and O–H groups in total. The van der Waals surface area contributed by atoms with Crippen LogP contribution in [0.5, 0.6) is 5.75 Å². The highest BCUT2D eigenvalue weighted by molar-refractivity contribution is 7.22. The van der Waals surface area contributed by atoms with Crippen LogP contribution in [-0.2, 0) is 20.7 Å². The second-order valence-electron chi connectivity index (χ2n) is 9.71. The number of anilines is 1. The number of esters is 1. The highest BCUT2D eigenvalue weighted by Crippen LogP contribution is 2.45. The van der Waals surface area contributed by atoms with Crippen LogP contribution in [0.15, 0.2) is 66.2 Å². The van der Waals surface area contributed by atoms with Crippen LogP contribution in [0.2, 0.25) is 0 Å². The van der Waals surface area contributed by atoms with Crippen molar-refractivity contribution in [2.24, 2.45) is 0 Å². The van der Waals surface area contributed by atoms with E-state index in [2.05, 4.69) is 4.98 Å². The summed E-state index contributed by atoms with van der Waals surface area (Å²) in [5, 5.41) is 11.8. The molecule has 0 saturated carbocycles. The number of carbonyl (C=O) groups excluding carboxylic acids is 3. The summed E-state index contributed by atoms with van der Waals surface area (Å²) in [5.41, 5.74) is 3.90. The first kappa shape index (κ1) is 24.8. The summed E-state index contributed by atoms with van der Waals surface area (Å²) < 4.78 is 11.5. The first-order valence-corrected chi connectivity index (χ1v) is 13.2. The quantitative estimate of drug-likeness (QED) is 0.161. The minimum Gasteiger partial charge on any atom is -0.507 e. The molecular formula is C30H24N2O6S. The largest absolute Gasteiger partial charge is 0.507 e. The number of Topliss-reactive ketones (excluding diaryl/α,β-unsaturated/α-hetero) is 1. The molecule has 3 heterocycles. The number of ketones is 1. The third kappa shape index (κ3) is 4.15. The Morgan fingerprint density at radius 1 is 1.08 bits per heavy atom. The van der Waals surface area contributed by atoms with Crippen molar-refractivity contribution >= 4 is 50.1 Å². The first-order valence-electron chi connectivity index (χ1n) is 12.4. The van der Waals surface area contributed by atoms with Crippen molar-refractivity contribution in [3.05, 3.63) is 94.1 Å². The molecule has 1 aromatic heterocycles. The van der Waals surface area contributed by atoms with Gasteiger partial charge in [0, 0.05) is 12.0 Å². The molecule has 1 fully saturated rings. The number of aliphatic hydroxyl groups is 1. The summed E-state index contributed by atoms with van der Waals surface area (Å²) >= 11 is 1.30. The molecule has 0 spiro atoms. The molecule has 4 aromatic rings. The second kappa shape index (κ2) is 9.36. The van der Waals surface area contributed by atoms with Crippen molar-refractivity contribution in [3.63, 3.8) is 0 Å². The average Bonchev–Trinajstić information content (AvgIpc) is 3.59. The second-order valence-corrected chi connectivity index (χ2v) is 10.7. The van der Waals surface area contributed by atoms with Crippen LogP contribution in [0.1, 0.15) is 45.6 Å². The Bertz CT molecular complexity index is 1700. The molecular weight excluding hydrogens is 516 g/mol. The summed E-state index contributed by atoms with van der Waals surface area (Å²) in [6.45, 7) is 3.93. The molecule has 0 aliphatic carbocycles. The van der Waals surface area contributed by atoms with Crippen LogP contribution >= 0.6 is 11.3 Å². The number of benzene rings is 3. The van der Waals surface area contributed by atoms with E-state index < -0.39 is 23.7 Å². The summed E-state index contributed by atoms with van der Waals surface area (Å²) in [7, 11) is 1.29. The van der Waals surface area contributed by atoms with Gasteiger partial charge in [-0.25, -0.2) is 9.78 Å². The van der Waals surface area contributed by atoms with Crippen molar-refractivity contribution in [1.29, 1.82) is 0 Å². The number of hydrogen-bond acceptors (Lipinski definition) is 8. The summed E-state index contributed by atoms with van der Waals surface area (Å²) in [4.78, 5) is 45.1. The zero-order valence-corrected chi connectivity index (χ0v) is 22.2. The Kier molecular flexibility index (Phi) is 5.95. The van der Waals surface area contributed by atoms with Gasteiger partial charge in [0.25, 0.3) is 5.78 Å². The molecule has 0 radical (unpaired) electrons. The zero-order chi connectivity index (χ0) is 27.4. The van der Waals surface area contributed by atoms with E-state index in [9.17, 15) is 19.5 Å². The Balaban J connectivity index is 1.52. The van der Waals surface area contributed by atoms with Gasteiger partial charge >= 0.3 is 11.9 Å². The highest BCUT2D eigenvalue weighted by Gasteiger charge is 2.48. The molecule has 6 rings (SSSR count). The Labute approximate surface area is 228 Å². The van der Waals surface area contributed by atoms with Gasteiger partial charge in [0.15, 0.2) is 5.13 Å². The lowest BCUT2D eigenvalue weighted by atomic mass is 9.94. The fourth-order valence-electron chi connectivity index (χ4n) is 5.11. The predicted octanol–water partition coefficient (Wildman–Crippen LogP) is 5.34. The third-order valence-electron chi connectivity index (χ3n) is 7.00. The third-order valence-corrected chi connectivity index (χ3v) is 8.02. The van der Waals surface area contributed by atoms with E-state index in [0.29, 0.717) is 33.8 Å². The lowest BCUT2D eigenvalue weighted by molar-refractivity contribution is -0.132. The van der Waals surface area contributed by atoms with E-state index in [1.54, 1.807) is 42.5 Å². The topological polar surface area (TPSA) is 106 Å². The lowest BCUT2D eigenvalue weighted by Gasteiger charge is -2.23. The predicted molar refractivity (Wildman–Crippen MR) is 147 cm³/mol. The number of aryl methyl sites for hydroxylation is 1. The van der Waals surface area contributed by atoms with Gasteiger partial charge in [-0.3, -0.25) is 14.5 Å². The molecule has 2 aliphatic rings. The van der Waals surface area contributed by atoms with E-state index in [0.717, 1.165) is 21.6 Å². The molecule has 1 saturated heterocycles. The van der Waals surface area contributed by atoms with Gasteiger partial charge in [-0.1, -0.05) is 29.5 Å². The number of thiazole rings is 1. The van der Waals surface area contributed by atoms with Crippen molar-refractivity contribution < 1.29 is 29.0 Å². The maximum absolute atomic E-state index is 13.5. The van der Waals surface area contributed by atoms with Crippen LogP contribution in [0.4, 0.5) is 5.13 Å². The van der Waals surface area contributed by atoms with Gasteiger partial charge in [-0.15, -0.1) is 0 Å². The molecule has 8 nitrogen and oxygen atoms in total. The monoisotopic (exact) mass is 540 g/mol. The zero-order valence-electron chi connectivity index (χ0n) is 21.4. The van der Waals surface area contributed by atoms with Crippen LogP contribution in [0.25, 0.3) is 16.0 Å².